The van der Waals surface area contributed by atoms with Crippen molar-refractivity contribution in [2.45, 2.75) is 44.3 Å². The van der Waals surface area contributed by atoms with Gasteiger partial charge in [0.05, 0.1) is 11.7 Å². The van der Waals surface area contributed by atoms with Crippen molar-refractivity contribution in [1.82, 2.24) is 0 Å². The van der Waals surface area contributed by atoms with Crippen LogP contribution in [0.1, 0.15) is 37.7 Å². The fraction of sp³-hybridized carbons (Fsp3) is 0.529. The van der Waals surface area contributed by atoms with Gasteiger partial charge in [0.25, 0.3) is 0 Å². The Balaban J connectivity index is 2.11. The quantitative estimate of drug-likeness (QED) is 0.614. The van der Waals surface area contributed by atoms with Gasteiger partial charge in [-0.15, -0.1) is 11.6 Å². The Morgan fingerprint density at radius 3 is 2.90 bits per heavy atom. The molecular formula is C17H20ClFO2. The zero-order chi connectivity index (χ0) is 15.1. The van der Waals surface area contributed by atoms with E-state index in [-0.39, 0.29) is 18.0 Å². The van der Waals surface area contributed by atoms with E-state index < -0.39 is 0 Å². The lowest BCUT2D eigenvalue weighted by atomic mass is 9.95. The van der Waals surface area contributed by atoms with Crippen molar-refractivity contribution in [2.75, 3.05) is 13.0 Å². The van der Waals surface area contributed by atoms with Crippen LogP contribution < -0.4 is 4.74 Å². The van der Waals surface area contributed by atoms with Crippen LogP contribution in [0.5, 0.6) is 5.75 Å². The molecule has 0 heterocycles. The molecule has 0 aromatic heterocycles. The van der Waals surface area contributed by atoms with Gasteiger partial charge in [0.1, 0.15) is 17.7 Å². The lowest BCUT2D eigenvalue weighted by Crippen LogP contribution is -2.29. The fourth-order valence-corrected chi connectivity index (χ4v) is 2.60. The molecule has 2 nitrogen and oxygen atoms in total. The first kappa shape index (κ1) is 16.1. The number of hydrogen-bond acceptors (Lipinski definition) is 2. The number of ether oxygens (including phenoxy) is 2. The molecular weight excluding hydrogens is 291 g/mol. The van der Waals surface area contributed by atoms with Crippen LogP contribution in [0.25, 0.3) is 0 Å². The highest BCUT2D eigenvalue weighted by Crippen LogP contribution is 2.27. The van der Waals surface area contributed by atoms with Gasteiger partial charge in [0, 0.05) is 31.9 Å². The summed E-state index contributed by atoms with van der Waals surface area (Å²) in [5, 5.41) is 0. The summed E-state index contributed by atoms with van der Waals surface area (Å²) in [6.07, 6.45) is 4.80. The molecule has 0 spiro atoms. The Hall–Kier alpha value is -1.24. The summed E-state index contributed by atoms with van der Waals surface area (Å²) in [6.45, 7) is 0. The Labute approximate surface area is 130 Å². The summed E-state index contributed by atoms with van der Waals surface area (Å²) in [6, 6.07) is 4.46. The molecule has 1 aromatic rings. The number of hydrogen-bond donors (Lipinski definition) is 0. The van der Waals surface area contributed by atoms with E-state index in [4.69, 9.17) is 21.1 Å². The Bertz CT molecular complexity index is 521. The summed E-state index contributed by atoms with van der Waals surface area (Å²) >= 11 is 5.61. The SMILES string of the molecule is COC1CCCC(Oc2cc(F)ccc2C#CCCCl)C1. The second-order valence-electron chi connectivity index (χ2n) is 5.15. The molecule has 1 aliphatic rings. The van der Waals surface area contributed by atoms with Gasteiger partial charge in [-0.05, 0) is 31.4 Å². The molecule has 1 saturated carbocycles. The zero-order valence-corrected chi connectivity index (χ0v) is 13.0. The lowest BCUT2D eigenvalue weighted by molar-refractivity contribution is 0.0208. The minimum atomic E-state index is -0.313. The van der Waals surface area contributed by atoms with Gasteiger partial charge in [-0.25, -0.2) is 4.39 Å². The molecule has 2 rings (SSSR count). The van der Waals surface area contributed by atoms with Crippen LogP contribution in [0.3, 0.4) is 0 Å². The third-order valence-corrected chi connectivity index (χ3v) is 3.78. The Morgan fingerprint density at radius 1 is 1.33 bits per heavy atom. The van der Waals surface area contributed by atoms with E-state index in [9.17, 15) is 4.39 Å². The maximum absolute atomic E-state index is 13.5. The average Bonchev–Trinajstić information content (AvgIpc) is 2.50. The zero-order valence-electron chi connectivity index (χ0n) is 12.2. The van der Waals surface area contributed by atoms with Gasteiger partial charge in [-0.2, -0.15) is 0 Å². The highest BCUT2D eigenvalue weighted by atomic mass is 35.5. The van der Waals surface area contributed by atoms with E-state index in [0.29, 0.717) is 23.6 Å². The maximum atomic E-state index is 13.5. The van der Waals surface area contributed by atoms with E-state index >= 15 is 0 Å². The van der Waals surface area contributed by atoms with Crippen molar-refractivity contribution >= 4 is 11.6 Å². The molecule has 4 heteroatoms. The molecule has 0 N–H and O–H groups in total. The molecule has 2 unspecified atom stereocenters. The van der Waals surface area contributed by atoms with E-state index in [0.717, 1.165) is 25.7 Å². The number of benzene rings is 1. The summed E-state index contributed by atoms with van der Waals surface area (Å²) in [4.78, 5) is 0. The van der Waals surface area contributed by atoms with Crippen LogP contribution in [0, 0.1) is 17.7 Å². The van der Waals surface area contributed by atoms with Crippen LogP contribution >= 0.6 is 11.6 Å². The molecule has 0 saturated heterocycles. The highest BCUT2D eigenvalue weighted by molar-refractivity contribution is 6.18. The first-order valence-electron chi connectivity index (χ1n) is 7.26. The van der Waals surface area contributed by atoms with Gasteiger partial charge in [0.2, 0.25) is 0 Å². The summed E-state index contributed by atoms with van der Waals surface area (Å²) in [7, 11) is 1.72. The summed E-state index contributed by atoms with van der Waals surface area (Å²) in [5.74, 6) is 6.65. The standard InChI is InChI=1S/C17H20ClFO2/c1-20-15-6-4-7-16(12-15)21-17-11-14(19)9-8-13(17)5-2-3-10-18/h8-9,11,15-16H,3-4,6-7,10,12H2,1H3. The smallest absolute Gasteiger partial charge is 0.138 e. The van der Waals surface area contributed by atoms with Crippen LogP contribution in [0.4, 0.5) is 4.39 Å². The van der Waals surface area contributed by atoms with Crippen molar-refractivity contribution in [3.8, 4) is 17.6 Å². The number of methoxy groups -OCH3 is 1. The molecule has 2 atom stereocenters. The number of halogens is 2. The first-order chi connectivity index (χ1) is 10.2. The predicted molar refractivity (Wildman–Crippen MR) is 82.3 cm³/mol. The normalized spacial score (nSPS) is 21.5. The maximum Gasteiger partial charge on any atom is 0.138 e. The second-order valence-corrected chi connectivity index (χ2v) is 5.52. The Morgan fingerprint density at radius 2 is 2.14 bits per heavy atom. The van der Waals surface area contributed by atoms with E-state index in [1.165, 1.54) is 12.1 Å². The summed E-state index contributed by atoms with van der Waals surface area (Å²) < 4.78 is 24.8. The van der Waals surface area contributed by atoms with E-state index in [2.05, 4.69) is 11.8 Å². The average molecular weight is 311 g/mol. The summed E-state index contributed by atoms with van der Waals surface area (Å²) in [5.41, 5.74) is 0.709. The molecule has 1 aliphatic carbocycles. The highest BCUT2D eigenvalue weighted by Gasteiger charge is 2.23. The topological polar surface area (TPSA) is 18.5 Å². The molecule has 0 aliphatic heterocycles. The molecule has 1 aromatic carbocycles. The van der Waals surface area contributed by atoms with Crippen LogP contribution in [-0.2, 0) is 4.74 Å². The van der Waals surface area contributed by atoms with E-state index in [1.807, 2.05) is 0 Å². The van der Waals surface area contributed by atoms with Gasteiger partial charge in [-0.1, -0.05) is 11.8 Å². The minimum absolute atomic E-state index is 0.0547. The third kappa shape index (κ3) is 4.91. The van der Waals surface area contributed by atoms with E-state index in [1.54, 1.807) is 13.2 Å². The molecule has 0 radical (unpaired) electrons. The fourth-order valence-electron chi connectivity index (χ4n) is 2.50. The van der Waals surface area contributed by atoms with Crippen LogP contribution in [-0.4, -0.2) is 25.2 Å². The lowest BCUT2D eigenvalue weighted by Gasteiger charge is -2.29. The predicted octanol–water partition coefficient (Wildman–Crippen LogP) is 4.14. The van der Waals surface area contributed by atoms with Gasteiger partial charge in [-0.3, -0.25) is 0 Å². The molecule has 0 amide bonds. The monoisotopic (exact) mass is 310 g/mol. The molecule has 114 valence electrons. The van der Waals surface area contributed by atoms with Crippen molar-refractivity contribution in [3.63, 3.8) is 0 Å². The van der Waals surface area contributed by atoms with Gasteiger partial charge >= 0.3 is 0 Å². The molecule has 0 bridgehead atoms. The first-order valence-corrected chi connectivity index (χ1v) is 7.80. The molecule has 21 heavy (non-hydrogen) atoms. The molecule has 1 fully saturated rings. The van der Waals surface area contributed by atoms with Gasteiger partial charge in [0.15, 0.2) is 0 Å². The number of rotatable bonds is 4. The van der Waals surface area contributed by atoms with Crippen molar-refractivity contribution in [2.24, 2.45) is 0 Å². The van der Waals surface area contributed by atoms with Crippen LogP contribution in [0.15, 0.2) is 18.2 Å². The van der Waals surface area contributed by atoms with Crippen molar-refractivity contribution in [3.05, 3.63) is 29.6 Å². The minimum Gasteiger partial charge on any atom is -0.489 e. The van der Waals surface area contributed by atoms with Gasteiger partial charge < -0.3 is 9.47 Å². The van der Waals surface area contributed by atoms with Crippen LogP contribution in [0.2, 0.25) is 0 Å². The van der Waals surface area contributed by atoms with Crippen molar-refractivity contribution < 1.29 is 13.9 Å². The van der Waals surface area contributed by atoms with Crippen molar-refractivity contribution in [1.29, 1.82) is 0 Å². The third-order valence-electron chi connectivity index (χ3n) is 3.59. The largest absolute Gasteiger partial charge is 0.489 e. The second kappa shape index (κ2) is 8.26. The number of alkyl halides is 1. The Kier molecular flexibility index (Phi) is 6.35.